The van der Waals surface area contributed by atoms with Crippen LogP contribution in [0.2, 0.25) is 0 Å². The van der Waals surface area contributed by atoms with Gasteiger partial charge in [0.1, 0.15) is 24.0 Å². The summed E-state index contributed by atoms with van der Waals surface area (Å²) in [5.41, 5.74) is 1.11. The highest BCUT2D eigenvalue weighted by atomic mass is 19.4. The molecule has 1 aromatic heterocycles. The van der Waals surface area contributed by atoms with E-state index in [9.17, 15) is 22.4 Å². The number of carbonyl (C=O) groups excluding carboxylic acids is 1. The SMILES string of the molecule is C[C@@H]1CCc2ncnc(N3CCN(C(=O)C(NC4CCOCC4)c4ccc(C(F)(F)F)c(F)c4)CC3)c21. The van der Waals surface area contributed by atoms with Crippen LogP contribution in [0.3, 0.4) is 0 Å². The predicted octanol–water partition coefficient (Wildman–Crippen LogP) is 3.84. The van der Waals surface area contributed by atoms with Gasteiger partial charge in [-0.05, 0) is 49.3 Å². The summed E-state index contributed by atoms with van der Waals surface area (Å²) in [6.45, 7) is 5.25. The normalized spacial score (nSPS) is 21.7. The van der Waals surface area contributed by atoms with Crippen LogP contribution in [0.25, 0.3) is 0 Å². The number of aromatic nitrogens is 2. The van der Waals surface area contributed by atoms with Crippen LogP contribution in [-0.2, 0) is 22.1 Å². The average Bonchev–Trinajstić information content (AvgIpc) is 3.28. The van der Waals surface area contributed by atoms with E-state index in [4.69, 9.17) is 4.74 Å². The summed E-state index contributed by atoms with van der Waals surface area (Å²) in [5, 5.41) is 3.28. The zero-order valence-electron chi connectivity index (χ0n) is 20.7. The van der Waals surface area contributed by atoms with Crippen molar-refractivity contribution in [3.8, 4) is 0 Å². The van der Waals surface area contributed by atoms with E-state index in [-0.39, 0.29) is 17.5 Å². The number of halogens is 4. The van der Waals surface area contributed by atoms with Gasteiger partial charge in [-0.25, -0.2) is 14.4 Å². The van der Waals surface area contributed by atoms with Crippen LogP contribution in [0.1, 0.15) is 60.5 Å². The van der Waals surface area contributed by atoms with Gasteiger partial charge in [-0.15, -0.1) is 0 Å². The van der Waals surface area contributed by atoms with Gasteiger partial charge in [-0.3, -0.25) is 10.1 Å². The predicted molar refractivity (Wildman–Crippen MR) is 129 cm³/mol. The Kier molecular flexibility index (Phi) is 7.35. The van der Waals surface area contributed by atoms with Crippen molar-refractivity contribution in [1.29, 1.82) is 0 Å². The fourth-order valence-electron chi connectivity index (χ4n) is 5.55. The number of amides is 1. The molecular weight excluding hydrogens is 490 g/mol. The molecule has 1 aliphatic carbocycles. The molecule has 1 amide bonds. The number of anilines is 1. The van der Waals surface area contributed by atoms with Crippen LogP contribution < -0.4 is 10.2 Å². The molecule has 0 bridgehead atoms. The van der Waals surface area contributed by atoms with E-state index >= 15 is 0 Å². The first-order valence-corrected chi connectivity index (χ1v) is 12.8. The number of alkyl halides is 3. The first-order chi connectivity index (χ1) is 17.7. The second kappa shape index (κ2) is 10.5. The van der Waals surface area contributed by atoms with Crippen molar-refractivity contribution < 1.29 is 27.1 Å². The molecule has 1 aromatic carbocycles. The maximum absolute atomic E-state index is 14.5. The smallest absolute Gasteiger partial charge is 0.381 e. The van der Waals surface area contributed by atoms with Crippen LogP contribution in [0.4, 0.5) is 23.4 Å². The number of nitrogens with one attached hydrogen (secondary N) is 1. The molecule has 1 unspecified atom stereocenters. The third kappa shape index (κ3) is 5.43. The van der Waals surface area contributed by atoms with E-state index < -0.39 is 23.6 Å². The molecule has 3 heterocycles. The Balaban J connectivity index is 1.34. The van der Waals surface area contributed by atoms with Crippen LogP contribution in [0, 0.1) is 5.82 Å². The van der Waals surface area contributed by atoms with E-state index in [0.717, 1.165) is 30.4 Å². The molecular formula is C26H31F4N5O2. The number of aryl methyl sites for hydroxylation is 1. The molecule has 2 aromatic rings. The van der Waals surface area contributed by atoms with Crippen molar-refractivity contribution in [1.82, 2.24) is 20.2 Å². The van der Waals surface area contributed by atoms with Gasteiger partial charge in [0.25, 0.3) is 0 Å². The molecule has 11 heteroatoms. The van der Waals surface area contributed by atoms with Gasteiger partial charge in [0.05, 0.1) is 5.56 Å². The highest BCUT2D eigenvalue weighted by molar-refractivity contribution is 5.83. The Morgan fingerprint density at radius 3 is 2.51 bits per heavy atom. The van der Waals surface area contributed by atoms with E-state index in [1.807, 2.05) is 0 Å². The molecule has 5 rings (SSSR count). The summed E-state index contributed by atoms with van der Waals surface area (Å²) in [4.78, 5) is 26.5. The number of piperazine rings is 1. The third-order valence-corrected chi connectivity index (χ3v) is 7.65. The fraction of sp³-hybridized carbons (Fsp3) is 0.577. The molecule has 200 valence electrons. The minimum Gasteiger partial charge on any atom is -0.381 e. The number of rotatable bonds is 5. The van der Waals surface area contributed by atoms with Gasteiger partial charge in [-0.2, -0.15) is 13.2 Å². The molecule has 1 N–H and O–H groups in total. The topological polar surface area (TPSA) is 70.6 Å². The molecule has 3 aliphatic rings. The van der Waals surface area contributed by atoms with Crippen molar-refractivity contribution in [2.75, 3.05) is 44.3 Å². The lowest BCUT2D eigenvalue weighted by molar-refractivity contribution is -0.140. The van der Waals surface area contributed by atoms with Gasteiger partial charge in [-0.1, -0.05) is 13.0 Å². The summed E-state index contributed by atoms with van der Waals surface area (Å²) < 4.78 is 59.2. The standard InChI is InChI=1S/C26H31F4N5O2/c1-16-2-5-21-22(16)24(32-15-31-21)34-8-10-35(11-9-34)25(36)23(33-18-6-12-37-13-7-18)17-3-4-19(20(27)14-17)26(28,29)30/h3-4,14-16,18,23,33H,2,5-13H2,1H3/t16-,23?/m1/s1. The van der Waals surface area contributed by atoms with E-state index in [2.05, 4.69) is 27.1 Å². The molecule has 7 nitrogen and oxygen atoms in total. The largest absolute Gasteiger partial charge is 0.419 e. The lowest BCUT2D eigenvalue weighted by Crippen LogP contribution is -2.53. The first kappa shape index (κ1) is 25.8. The van der Waals surface area contributed by atoms with Gasteiger partial charge in [0.2, 0.25) is 5.91 Å². The fourth-order valence-corrected chi connectivity index (χ4v) is 5.55. The van der Waals surface area contributed by atoms with Crippen LogP contribution >= 0.6 is 0 Å². The van der Waals surface area contributed by atoms with Gasteiger partial charge in [0.15, 0.2) is 0 Å². The van der Waals surface area contributed by atoms with Crippen LogP contribution in [-0.4, -0.2) is 66.2 Å². The average molecular weight is 522 g/mol. The van der Waals surface area contributed by atoms with Crippen molar-refractivity contribution in [3.63, 3.8) is 0 Å². The van der Waals surface area contributed by atoms with Gasteiger partial charge >= 0.3 is 6.18 Å². The molecule has 2 atom stereocenters. The lowest BCUT2D eigenvalue weighted by Gasteiger charge is -2.39. The Morgan fingerprint density at radius 2 is 1.84 bits per heavy atom. The second-order valence-corrected chi connectivity index (χ2v) is 10.0. The minimum absolute atomic E-state index is 0.0561. The van der Waals surface area contributed by atoms with E-state index in [1.165, 1.54) is 11.6 Å². The van der Waals surface area contributed by atoms with Crippen molar-refractivity contribution in [3.05, 3.63) is 52.7 Å². The third-order valence-electron chi connectivity index (χ3n) is 7.65. The highest BCUT2D eigenvalue weighted by Crippen LogP contribution is 2.37. The molecule has 2 aliphatic heterocycles. The maximum Gasteiger partial charge on any atom is 0.419 e. The summed E-state index contributed by atoms with van der Waals surface area (Å²) in [6, 6.07) is 1.74. The van der Waals surface area contributed by atoms with Crippen LogP contribution in [0.5, 0.6) is 0 Å². The zero-order chi connectivity index (χ0) is 26.2. The number of carbonyl (C=O) groups is 1. The van der Waals surface area contributed by atoms with Crippen molar-refractivity contribution >= 4 is 11.7 Å². The number of hydrogen-bond donors (Lipinski definition) is 1. The number of ether oxygens (including phenoxy) is 1. The maximum atomic E-state index is 14.5. The Morgan fingerprint density at radius 1 is 1.11 bits per heavy atom. The van der Waals surface area contributed by atoms with Crippen molar-refractivity contribution in [2.45, 2.75) is 56.8 Å². The molecule has 37 heavy (non-hydrogen) atoms. The number of nitrogens with zero attached hydrogens (tertiary/aromatic N) is 4. The van der Waals surface area contributed by atoms with Gasteiger partial charge < -0.3 is 14.5 Å². The number of fused-ring (bicyclic) bond motifs is 1. The quantitative estimate of drug-likeness (QED) is 0.603. The lowest BCUT2D eigenvalue weighted by atomic mass is 9.99. The second-order valence-electron chi connectivity index (χ2n) is 10.0. The van der Waals surface area contributed by atoms with Crippen molar-refractivity contribution in [2.24, 2.45) is 0 Å². The zero-order valence-corrected chi connectivity index (χ0v) is 20.7. The first-order valence-electron chi connectivity index (χ1n) is 12.8. The molecule has 0 saturated carbocycles. The summed E-state index contributed by atoms with van der Waals surface area (Å²) in [7, 11) is 0. The van der Waals surface area contributed by atoms with Crippen LogP contribution in [0.15, 0.2) is 24.5 Å². The van der Waals surface area contributed by atoms with E-state index in [1.54, 1.807) is 11.2 Å². The summed E-state index contributed by atoms with van der Waals surface area (Å²) in [5.74, 6) is -0.350. The molecule has 2 fully saturated rings. The van der Waals surface area contributed by atoms with Gasteiger partial charge in [0, 0.05) is 56.7 Å². The molecule has 2 saturated heterocycles. The molecule has 0 radical (unpaired) electrons. The van der Waals surface area contributed by atoms with E-state index in [0.29, 0.717) is 64.2 Å². The Labute approximate surface area is 213 Å². The number of hydrogen-bond acceptors (Lipinski definition) is 6. The highest BCUT2D eigenvalue weighted by Gasteiger charge is 2.37. The summed E-state index contributed by atoms with van der Waals surface area (Å²) in [6.07, 6.45) is 0.105. The number of benzene rings is 1. The molecule has 0 spiro atoms. The monoisotopic (exact) mass is 521 g/mol. The Bertz CT molecular complexity index is 1130. The Hall–Kier alpha value is -2.79. The summed E-state index contributed by atoms with van der Waals surface area (Å²) >= 11 is 0. The minimum atomic E-state index is -4.80.